The van der Waals surface area contributed by atoms with Crippen LogP contribution >= 0.6 is 0 Å². The number of nitrogens with one attached hydrogen (secondary N) is 2. The fourth-order valence-corrected chi connectivity index (χ4v) is 3.04. The van der Waals surface area contributed by atoms with E-state index in [1.165, 1.54) is 0 Å². The molecule has 0 aromatic carbocycles. The van der Waals surface area contributed by atoms with Gasteiger partial charge in [-0.15, -0.1) is 0 Å². The molecule has 0 aromatic heterocycles. The predicted molar refractivity (Wildman–Crippen MR) is 69.7 cm³/mol. The lowest BCUT2D eigenvalue weighted by molar-refractivity contribution is -0.135. The zero-order valence-corrected chi connectivity index (χ0v) is 11.7. The topological polar surface area (TPSA) is 93.5 Å². The summed E-state index contributed by atoms with van der Waals surface area (Å²) in [7, 11) is 0. The van der Waals surface area contributed by atoms with Crippen molar-refractivity contribution in [2.24, 2.45) is 23.0 Å². The summed E-state index contributed by atoms with van der Waals surface area (Å²) in [6.45, 7) is 6.43. The van der Waals surface area contributed by atoms with Gasteiger partial charge in [0.05, 0.1) is 0 Å². The SMILES string of the molecule is CC1C(N)CCC(C(=O)N[C@@H]2CONC2=O)C1(C)C. The van der Waals surface area contributed by atoms with E-state index in [4.69, 9.17) is 10.6 Å². The Hall–Kier alpha value is -1.14. The van der Waals surface area contributed by atoms with Crippen LogP contribution in [0.15, 0.2) is 0 Å². The van der Waals surface area contributed by atoms with Gasteiger partial charge in [0.25, 0.3) is 5.91 Å². The lowest BCUT2D eigenvalue weighted by Gasteiger charge is -2.46. The smallest absolute Gasteiger partial charge is 0.268 e. The van der Waals surface area contributed by atoms with E-state index in [1.54, 1.807) is 0 Å². The first kappa shape index (κ1) is 14.3. The minimum absolute atomic E-state index is 0.0746. The van der Waals surface area contributed by atoms with Crippen molar-refractivity contribution < 1.29 is 14.4 Å². The second-order valence-electron chi connectivity index (χ2n) is 6.24. The molecule has 0 radical (unpaired) electrons. The molecule has 2 amide bonds. The Labute approximate surface area is 113 Å². The lowest BCUT2D eigenvalue weighted by atomic mass is 9.61. The number of amides is 2. The fraction of sp³-hybridized carbons (Fsp3) is 0.846. The number of hydrogen-bond donors (Lipinski definition) is 3. The molecule has 2 rings (SSSR count). The van der Waals surface area contributed by atoms with Crippen LogP contribution in [0.2, 0.25) is 0 Å². The highest BCUT2D eigenvalue weighted by Gasteiger charge is 2.45. The van der Waals surface area contributed by atoms with Gasteiger partial charge in [0.15, 0.2) is 0 Å². The fourth-order valence-electron chi connectivity index (χ4n) is 3.04. The zero-order chi connectivity index (χ0) is 14.2. The van der Waals surface area contributed by atoms with Crippen LogP contribution < -0.4 is 16.5 Å². The molecule has 1 saturated carbocycles. The van der Waals surface area contributed by atoms with Crippen molar-refractivity contribution in [1.29, 1.82) is 0 Å². The Morgan fingerprint density at radius 2 is 2.16 bits per heavy atom. The number of hydrogen-bond acceptors (Lipinski definition) is 4. The molecule has 1 heterocycles. The lowest BCUT2D eigenvalue weighted by Crippen LogP contribution is -2.54. The first-order valence-electron chi connectivity index (χ1n) is 6.81. The Morgan fingerprint density at radius 3 is 2.74 bits per heavy atom. The maximum atomic E-state index is 12.4. The highest BCUT2D eigenvalue weighted by molar-refractivity contribution is 5.89. The molecule has 1 saturated heterocycles. The van der Waals surface area contributed by atoms with Gasteiger partial charge in [0.1, 0.15) is 12.6 Å². The van der Waals surface area contributed by atoms with Crippen molar-refractivity contribution in [3.63, 3.8) is 0 Å². The number of carbonyl (C=O) groups is 2. The molecule has 6 nitrogen and oxygen atoms in total. The summed E-state index contributed by atoms with van der Waals surface area (Å²) in [4.78, 5) is 28.6. The first-order valence-corrected chi connectivity index (χ1v) is 6.81. The van der Waals surface area contributed by atoms with Gasteiger partial charge >= 0.3 is 0 Å². The summed E-state index contributed by atoms with van der Waals surface area (Å²) in [5.41, 5.74) is 8.16. The van der Waals surface area contributed by atoms with E-state index in [0.29, 0.717) is 0 Å². The third-order valence-electron chi connectivity index (χ3n) is 4.87. The zero-order valence-electron chi connectivity index (χ0n) is 11.7. The maximum Gasteiger partial charge on any atom is 0.268 e. The quantitative estimate of drug-likeness (QED) is 0.654. The molecule has 0 spiro atoms. The van der Waals surface area contributed by atoms with E-state index in [0.717, 1.165) is 12.8 Å². The summed E-state index contributed by atoms with van der Waals surface area (Å²) in [6.07, 6.45) is 1.61. The highest BCUT2D eigenvalue weighted by atomic mass is 16.7. The molecule has 1 aliphatic heterocycles. The summed E-state index contributed by atoms with van der Waals surface area (Å²) < 4.78 is 0. The molecular formula is C13H23N3O3. The first-order chi connectivity index (χ1) is 8.84. The normalized spacial score (nSPS) is 37.8. The second kappa shape index (κ2) is 5.09. The van der Waals surface area contributed by atoms with Gasteiger partial charge in [-0.25, -0.2) is 5.48 Å². The van der Waals surface area contributed by atoms with Crippen molar-refractivity contribution in [2.45, 2.75) is 45.7 Å². The molecule has 1 aliphatic carbocycles. The summed E-state index contributed by atoms with van der Waals surface area (Å²) in [5.74, 6) is -0.206. The van der Waals surface area contributed by atoms with Crippen molar-refractivity contribution in [3.8, 4) is 0 Å². The molecule has 6 heteroatoms. The minimum atomic E-state index is -0.575. The van der Waals surface area contributed by atoms with Crippen molar-refractivity contribution >= 4 is 11.8 Å². The van der Waals surface area contributed by atoms with E-state index in [9.17, 15) is 9.59 Å². The van der Waals surface area contributed by atoms with Crippen LogP contribution in [0.1, 0.15) is 33.6 Å². The number of carbonyl (C=O) groups excluding carboxylic acids is 2. The Bertz CT molecular complexity index is 383. The van der Waals surface area contributed by atoms with Gasteiger partial charge in [-0.1, -0.05) is 20.8 Å². The van der Waals surface area contributed by atoms with E-state index in [-0.39, 0.29) is 41.7 Å². The predicted octanol–water partition coefficient (Wildman–Crippen LogP) is -0.0678. The van der Waals surface area contributed by atoms with E-state index >= 15 is 0 Å². The Morgan fingerprint density at radius 1 is 1.47 bits per heavy atom. The van der Waals surface area contributed by atoms with Gasteiger partial charge in [-0.05, 0) is 24.2 Å². The average Bonchev–Trinajstić information content (AvgIpc) is 2.72. The Kier molecular flexibility index (Phi) is 3.82. The van der Waals surface area contributed by atoms with Crippen molar-refractivity contribution in [2.75, 3.05) is 6.61 Å². The van der Waals surface area contributed by atoms with Crippen molar-refractivity contribution in [1.82, 2.24) is 10.8 Å². The monoisotopic (exact) mass is 269 g/mol. The van der Waals surface area contributed by atoms with Crippen LogP contribution in [0.5, 0.6) is 0 Å². The molecule has 2 aliphatic rings. The van der Waals surface area contributed by atoms with Crippen LogP contribution in [-0.4, -0.2) is 30.5 Å². The van der Waals surface area contributed by atoms with E-state index in [1.807, 2.05) is 0 Å². The molecule has 0 aromatic rings. The summed E-state index contributed by atoms with van der Waals surface area (Å²) in [6, 6.07) is -0.439. The van der Waals surface area contributed by atoms with Crippen LogP contribution in [0.4, 0.5) is 0 Å². The summed E-state index contributed by atoms with van der Waals surface area (Å²) in [5, 5.41) is 2.77. The van der Waals surface area contributed by atoms with Gasteiger partial charge in [0.2, 0.25) is 5.91 Å². The number of rotatable bonds is 2. The van der Waals surface area contributed by atoms with Crippen LogP contribution in [0, 0.1) is 17.3 Å². The average molecular weight is 269 g/mol. The van der Waals surface area contributed by atoms with E-state index < -0.39 is 6.04 Å². The molecule has 2 fully saturated rings. The molecule has 4 atom stereocenters. The van der Waals surface area contributed by atoms with Gasteiger partial charge in [-0.3, -0.25) is 14.4 Å². The van der Waals surface area contributed by atoms with Crippen LogP contribution in [0.3, 0.4) is 0 Å². The molecule has 0 bridgehead atoms. The van der Waals surface area contributed by atoms with Gasteiger partial charge in [0, 0.05) is 12.0 Å². The maximum absolute atomic E-state index is 12.4. The third-order valence-corrected chi connectivity index (χ3v) is 4.87. The van der Waals surface area contributed by atoms with Gasteiger partial charge < -0.3 is 11.1 Å². The van der Waals surface area contributed by atoms with Crippen LogP contribution in [0.25, 0.3) is 0 Å². The molecule has 108 valence electrons. The third kappa shape index (κ3) is 2.60. The van der Waals surface area contributed by atoms with E-state index in [2.05, 4.69) is 31.6 Å². The molecular weight excluding hydrogens is 246 g/mol. The number of nitrogens with two attached hydrogens (primary N) is 1. The molecule has 3 unspecified atom stereocenters. The van der Waals surface area contributed by atoms with Crippen LogP contribution in [-0.2, 0) is 14.4 Å². The molecule has 4 N–H and O–H groups in total. The Balaban J connectivity index is 2.04. The standard InChI is InChI=1S/C13H23N3O3/c1-7-9(14)5-4-8(13(7,2)3)11(17)15-10-6-19-16-12(10)18/h7-10H,4-6,14H2,1-3H3,(H,15,17)(H,16,18)/t7?,8?,9?,10-/m1/s1. The van der Waals surface area contributed by atoms with Crippen molar-refractivity contribution in [3.05, 3.63) is 0 Å². The number of hydroxylamine groups is 1. The summed E-state index contributed by atoms with van der Waals surface area (Å²) >= 11 is 0. The highest BCUT2D eigenvalue weighted by Crippen LogP contribution is 2.44. The largest absolute Gasteiger partial charge is 0.342 e. The minimum Gasteiger partial charge on any atom is -0.342 e. The molecule has 19 heavy (non-hydrogen) atoms. The second-order valence-corrected chi connectivity index (χ2v) is 6.24. The van der Waals surface area contributed by atoms with Gasteiger partial charge in [-0.2, -0.15) is 0 Å².